The minimum atomic E-state index is -1.46. The molecule has 6 nitrogen and oxygen atoms in total. The molecule has 0 radical (unpaired) electrons. The number of fused-ring (bicyclic) bond motifs is 5. The molecule has 43 heavy (non-hydrogen) atoms. The minimum Gasteiger partial charge on any atom is -0.504 e. The summed E-state index contributed by atoms with van der Waals surface area (Å²) < 4.78 is 6.89. The number of phenols is 2. The first kappa shape index (κ1) is 31.0. The molecule has 2 aliphatic heterocycles. The largest absolute Gasteiger partial charge is 0.504 e. The Labute approximate surface area is 255 Å². The molecule has 4 aliphatic rings. The Morgan fingerprint density at radius 3 is 2.00 bits per heavy atom. The standard InChI is InChI=1S/C37H46O6/c1-20(2)10-12-24-18-36-19-25(13-11-21(3)4)35(9)26-16-23(17-27(38)30(26)40)29(39)28(32(36)43-35)31(41)37(33(36)42,34(24,7)8)15-14-22(5)6/h10-11,14,16-17,24-25,38,40H,12-13,15,18-19H2,1-9H3/t24-,25+,35+,36+,37+/m0/s1. The van der Waals surface area contributed by atoms with Gasteiger partial charge in [-0.2, -0.15) is 0 Å². The van der Waals surface area contributed by atoms with E-state index in [0.717, 1.165) is 11.1 Å². The lowest BCUT2D eigenvalue weighted by Gasteiger charge is -2.64. The number of allylic oxidation sites excluding steroid dienone is 8. The van der Waals surface area contributed by atoms with Crippen LogP contribution in [0.3, 0.4) is 0 Å². The number of benzene rings is 1. The van der Waals surface area contributed by atoms with Crippen LogP contribution >= 0.6 is 0 Å². The van der Waals surface area contributed by atoms with Gasteiger partial charge in [-0.3, -0.25) is 14.4 Å². The predicted octanol–water partition coefficient (Wildman–Crippen LogP) is 8.04. The van der Waals surface area contributed by atoms with Crippen LogP contribution in [0.15, 0.2) is 58.4 Å². The molecule has 1 aromatic carbocycles. The average molecular weight is 587 g/mol. The van der Waals surface area contributed by atoms with Gasteiger partial charge in [-0.25, -0.2) is 0 Å². The topological polar surface area (TPSA) is 101 Å². The highest BCUT2D eigenvalue weighted by atomic mass is 16.5. The molecule has 0 amide bonds. The lowest BCUT2D eigenvalue weighted by Crippen LogP contribution is -2.69. The summed E-state index contributed by atoms with van der Waals surface area (Å²) in [4.78, 5) is 44.7. The molecule has 1 aromatic rings. The number of phenolic OH excluding ortho intramolecular Hbond substituents is 2. The van der Waals surface area contributed by atoms with Gasteiger partial charge in [0.15, 0.2) is 28.8 Å². The van der Waals surface area contributed by atoms with Gasteiger partial charge in [0.1, 0.15) is 22.3 Å². The van der Waals surface area contributed by atoms with Gasteiger partial charge in [0.05, 0.1) is 5.41 Å². The highest BCUT2D eigenvalue weighted by Gasteiger charge is 2.75. The van der Waals surface area contributed by atoms with Crippen molar-refractivity contribution in [2.75, 3.05) is 0 Å². The number of ketones is 3. The lowest BCUT2D eigenvalue weighted by atomic mass is 9.38. The van der Waals surface area contributed by atoms with Crippen LogP contribution in [0.2, 0.25) is 0 Å². The van der Waals surface area contributed by atoms with Crippen molar-refractivity contribution < 1.29 is 29.3 Å². The highest BCUT2D eigenvalue weighted by molar-refractivity contribution is 6.35. The zero-order chi connectivity index (χ0) is 31.9. The van der Waals surface area contributed by atoms with Gasteiger partial charge in [0, 0.05) is 17.0 Å². The van der Waals surface area contributed by atoms with Crippen LogP contribution in [0.5, 0.6) is 11.5 Å². The van der Waals surface area contributed by atoms with E-state index in [1.807, 2.05) is 54.5 Å². The number of carbonyl (C=O) groups is 3. The zero-order valence-corrected chi connectivity index (χ0v) is 27.1. The van der Waals surface area contributed by atoms with Gasteiger partial charge in [-0.05, 0) is 104 Å². The maximum Gasteiger partial charge on any atom is 0.200 e. The third-order valence-electron chi connectivity index (χ3n) is 11.1. The molecule has 5 atom stereocenters. The second-order valence-electron chi connectivity index (χ2n) is 14.8. The molecule has 5 rings (SSSR count). The van der Waals surface area contributed by atoms with Crippen LogP contribution in [-0.2, 0) is 19.9 Å². The fraction of sp³-hybridized carbons (Fsp3) is 0.541. The van der Waals surface area contributed by atoms with Crippen molar-refractivity contribution in [3.05, 3.63) is 69.5 Å². The molecule has 230 valence electrons. The Morgan fingerprint density at radius 1 is 0.860 bits per heavy atom. The SMILES string of the molecule is CC(C)=CC[C@H]1C[C@@]23C[C@@H](CC=C(C)C)[C@@]4(C)OC2=C(C(=O)c2cc(O)c(O)c4c2)C(=O)[C@](CC=C(C)C)(C3=O)C1(C)C. The van der Waals surface area contributed by atoms with E-state index in [-0.39, 0.29) is 46.7 Å². The number of rotatable bonds is 6. The van der Waals surface area contributed by atoms with Gasteiger partial charge in [-0.1, -0.05) is 48.8 Å². The maximum atomic E-state index is 15.3. The third kappa shape index (κ3) is 4.22. The maximum absolute atomic E-state index is 15.3. The second-order valence-corrected chi connectivity index (χ2v) is 14.8. The Balaban J connectivity index is 1.90. The van der Waals surface area contributed by atoms with Gasteiger partial charge >= 0.3 is 0 Å². The Kier molecular flexibility index (Phi) is 7.27. The fourth-order valence-electron chi connectivity index (χ4n) is 8.30. The van der Waals surface area contributed by atoms with Crippen LogP contribution in [0.4, 0.5) is 0 Å². The molecule has 6 bridgehead atoms. The molecular weight excluding hydrogens is 540 g/mol. The molecule has 1 saturated carbocycles. The lowest BCUT2D eigenvalue weighted by molar-refractivity contribution is -0.192. The van der Waals surface area contributed by atoms with E-state index >= 15 is 9.59 Å². The molecule has 0 aromatic heterocycles. The summed E-state index contributed by atoms with van der Waals surface area (Å²) in [6.07, 6.45) is 8.57. The first-order chi connectivity index (χ1) is 19.9. The number of carbonyl (C=O) groups excluding carboxylic acids is 3. The van der Waals surface area contributed by atoms with Crippen LogP contribution in [0, 0.1) is 28.1 Å². The minimum absolute atomic E-state index is 0.0310. The molecular formula is C37H46O6. The summed E-state index contributed by atoms with van der Waals surface area (Å²) in [6.45, 7) is 17.9. The summed E-state index contributed by atoms with van der Waals surface area (Å²) in [5.74, 6) is -2.14. The average Bonchev–Trinajstić information content (AvgIpc) is 2.90. The quantitative estimate of drug-likeness (QED) is 0.151. The van der Waals surface area contributed by atoms with E-state index < -0.39 is 39.2 Å². The van der Waals surface area contributed by atoms with Gasteiger partial charge in [0.25, 0.3) is 0 Å². The van der Waals surface area contributed by atoms with Crippen molar-refractivity contribution in [3.8, 4) is 11.5 Å². The van der Waals surface area contributed by atoms with Crippen molar-refractivity contribution in [1.29, 1.82) is 0 Å². The molecule has 2 heterocycles. The smallest absolute Gasteiger partial charge is 0.200 e. The Bertz CT molecular complexity index is 1550. The number of hydrogen-bond acceptors (Lipinski definition) is 6. The summed E-state index contributed by atoms with van der Waals surface area (Å²) >= 11 is 0. The fourth-order valence-corrected chi connectivity index (χ4v) is 8.30. The van der Waals surface area contributed by atoms with E-state index in [9.17, 15) is 15.0 Å². The van der Waals surface area contributed by atoms with Crippen molar-refractivity contribution in [3.63, 3.8) is 0 Å². The number of hydrogen-bond donors (Lipinski definition) is 2. The normalized spacial score (nSPS) is 31.9. The van der Waals surface area contributed by atoms with E-state index in [1.54, 1.807) is 6.07 Å². The van der Waals surface area contributed by atoms with Crippen LogP contribution in [-0.4, -0.2) is 27.6 Å². The van der Waals surface area contributed by atoms with E-state index in [1.165, 1.54) is 11.6 Å². The first-order valence-electron chi connectivity index (χ1n) is 15.5. The summed E-state index contributed by atoms with van der Waals surface area (Å²) in [5, 5.41) is 21.9. The van der Waals surface area contributed by atoms with Gasteiger partial charge in [-0.15, -0.1) is 0 Å². The van der Waals surface area contributed by atoms with Crippen molar-refractivity contribution in [2.24, 2.45) is 28.1 Å². The monoisotopic (exact) mass is 586 g/mol. The Morgan fingerprint density at radius 2 is 1.42 bits per heavy atom. The molecule has 6 heteroatoms. The summed E-state index contributed by atoms with van der Waals surface area (Å²) in [5.41, 5.74) is -0.972. The molecule has 0 unspecified atom stereocenters. The molecule has 2 fully saturated rings. The zero-order valence-electron chi connectivity index (χ0n) is 27.1. The van der Waals surface area contributed by atoms with Crippen molar-refractivity contribution >= 4 is 17.3 Å². The van der Waals surface area contributed by atoms with E-state index in [0.29, 0.717) is 31.2 Å². The van der Waals surface area contributed by atoms with E-state index in [2.05, 4.69) is 26.0 Å². The second kappa shape index (κ2) is 10.1. The first-order valence-corrected chi connectivity index (χ1v) is 15.5. The molecule has 2 N–H and O–H groups in total. The predicted molar refractivity (Wildman–Crippen MR) is 167 cm³/mol. The van der Waals surface area contributed by atoms with E-state index in [4.69, 9.17) is 4.74 Å². The van der Waals surface area contributed by atoms with Crippen molar-refractivity contribution in [1.82, 2.24) is 0 Å². The number of Topliss-reactive ketones (excluding diaryl/α,β-unsaturated/α-hetero) is 3. The number of ether oxygens (including phenoxy) is 1. The Hall–Kier alpha value is -3.41. The number of aromatic hydroxyl groups is 2. The third-order valence-corrected chi connectivity index (χ3v) is 11.1. The summed E-state index contributed by atoms with van der Waals surface area (Å²) in [7, 11) is 0. The van der Waals surface area contributed by atoms with Gasteiger partial charge in [0.2, 0.25) is 0 Å². The molecule has 1 spiro atoms. The molecule has 2 aliphatic carbocycles. The van der Waals surface area contributed by atoms with Crippen LogP contribution in [0.25, 0.3) is 0 Å². The van der Waals surface area contributed by atoms with Crippen molar-refractivity contribution in [2.45, 2.75) is 100 Å². The van der Waals surface area contributed by atoms with Crippen LogP contribution < -0.4 is 0 Å². The van der Waals surface area contributed by atoms with Crippen LogP contribution in [0.1, 0.15) is 110 Å². The summed E-state index contributed by atoms with van der Waals surface area (Å²) in [6, 6.07) is 2.78. The van der Waals surface area contributed by atoms with Gasteiger partial charge < -0.3 is 14.9 Å². The highest BCUT2D eigenvalue weighted by Crippen LogP contribution is 2.71. The molecule has 1 saturated heterocycles.